The molecule has 1 nitrogen and oxygen atoms in total. The molecule has 0 spiro atoms. The minimum atomic E-state index is 0.375. The SMILES string of the molecule is Clc1cccc(Oc2c(Cl)cccc2CBr)c1Cl. The zero-order valence-electron chi connectivity index (χ0n) is 9.09. The average Bonchev–Trinajstić information content (AvgIpc) is 2.37. The van der Waals surface area contributed by atoms with Crippen LogP contribution in [0.25, 0.3) is 0 Å². The van der Waals surface area contributed by atoms with Crippen LogP contribution in [0.1, 0.15) is 5.56 Å². The summed E-state index contributed by atoms with van der Waals surface area (Å²) in [5.41, 5.74) is 0.943. The van der Waals surface area contributed by atoms with E-state index in [2.05, 4.69) is 15.9 Å². The second-order valence-corrected chi connectivity index (χ2v) is 5.27. The molecule has 0 fully saturated rings. The van der Waals surface area contributed by atoms with E-state index in [0.717, 1.165) is 5.56 Å². The summed E-state index contributed by atoms with van der Waals surface area (Å²) in [5, 5.41) is 1.99. The number of halogens is 4. The molecule has 0 aliphatic carbocycles. The van der Waals surface area contributed by atoms with E-state index in [1.54, 1.807) is 24.3 Å². The van der Waals surface area contributed by atoms with E-state index in [0.29, 0.717) is 31.9 Å². The zero-order chi connectivity index (χ0) is 13.1. The van der Waals surface area contributed by atoms with Crippen molar-refractivity contribution in [2.75, 3.05) is 0 Å². The number of rotatable bonds is 3. The Labute approximate surface area is 129 Å². The van der Waals surface area contributed by atoms with Crippen molar-refractivity contribution in [1.82, 2.24) is 0 Å². The number of para-hydroxylation sites is 1. The molecule has 2 rings (SSSR count). The van der Waals surface area contributed by atoms with Gasteiger partial charge < -0.3 is 4.74 Å². The summed E-state index contributed by atoms with van der Waals surface area (Å²) >= 11 is 21.5. The van der Waals surface area contributed by atoms with Gasteiger partial charge in [0.1, 0.15) is 16.5 Å². The first-order valence-electron chi connectivity index (χ1n) is 5.08. The molecule has 2 aromatic carbocycles. The van der Waals surface area contributed by atoms with E-state index in [1.807, 2.05) is 12.1 Å². The van der Waals surface area contributed by atoms with E-state index in [-0.39, 0.29) is 0 Å². The third-order valence-corrected chi connectivity index (χ3v) is 4.02. The molecule has 18 heavy (non-hydrogen) atoms. The van der Waals surface area contributed by atoms with Gasteiger partial charge in [-0.25, -0.2) is 0 Å². The van der Waals surface area contributed by atoms with Crippen LogP contribution in [0, 0.1) is 0 Å². The van der Waals surface area contributed by atoms with Gasteiger partial charge in [-0.1, -0.05) is 68.9 Å². The normalized spacial score (nSPS) is 10.4. The molecule has 0 amide bonds. The molecule has 0 aliphatic rings. The van der Waals surface area contributed by atoms with Gasteiger partial charge in [-0.15, -0.1) is 0 Å². The lowest BCUT2D eigenvalue weighted by Crippen LogP contribution is -1.91. The third-order valence-electron chi connectivity index (χ3n) is 2.32. The molecule has 0 aromatic heterocycles. The number of ether oxygens (including phenoxy) is 1. The van der Waals surface area contributed by atoms with Gasteiger partial charge in [0, 0.05) is 10.9 Å². The first kappa shape index (κ1) is 14.0. The summed E-state index contributed by atoms with van der Waals surface area (Å²) in [7, 11) is 0. The monoisotopic (exact) mass is 364 g/mol. The fourth-order valence-electron chi connectivity index (χ4n) is 1.45. The van der Waals surface area contributed by atoms with E-state index in [1.165, 1.54) is 0 Å². The molecular formula is C13H8BrCl3O. The smallest absolute Gasteiger partial charge is 0.150 e. The van der Waals surface area contributed by atoms with Crippen molar-refractivity contribution < 1.29 is 4.74 Å². The molecule has 2 aromatic rings. The largest absolute Gasteiger partial charge is 0.454 e. The highest BCUT2D eigenvalue weighted by atomic mass is 79.9. The van der Waals surface area contributed by atoms with Crippen LogP contribution >= 0.6 is 50.7 Å². The van der Waals surface area contributed by atoms with Crippen LogP contribution in [-0.4, -0.2) is 0 Å². The van der Waals surface area contributed by atoms with Gasteiger partial charge in [0.15, 0.2) is 0 Å². The second kappa shape index (κ2) is 6.16. The van der Waals surface area contributed by atoms with E-state index in [4.69, 9.17) is 39.5 Å². The van der Waals surface area contributed by atoms with Crippen molar-refractivity contribution >= 4 is 50.7 Å². The van der Waals surface area contributed by atoms with Crippen LogP contribution in [0.3, 0.4) is 0 Å². The molecule has 0 heterocycles. The Hall–Kier alpha value is -0.410. The van der Waals surface area contributed by atoms with Crippen LogP contribution in [0.15, 0.2) is 36.4 Å². The van der Waals surface area contributed by atoms with Crippen LogP contribution in [0.4, 0.5) is 0 Å². The number of hydrogen-bond donors (Lipinski definition) is 0. The summed E-state index contributed by atoms with van der Waals surface area (Å²) in [6, 6.07) is 10.8. The Kier molecular flexibility index (Phi) is 4.79. The van der Waals surface area contributed by atoms with Crippen molar-refractivity contribution in [2.24, 2.45) is 0 Å². The zero-order valence-corrected chi connectivity index (χ0v) is 12.9. The van der Waals surface area contributed by atoms with Gasteiger partial charge in [-0.3, -0.25) is 0 Å². The van der Waals surface area contributed by atoms with Crippen LogP contribution in [0.2, 0.25) is 15.1 Å². The minimum Gasteiger partial charge on any atom is -0.454 e. The molecule has 0 saturated heterocycles. The molecule has 0 N–H and O–H groups in total. The van der Waals surface area contributed by atoms with Gasteiger partial charge in [-0.2, -0.15) is 0 Å². The number of benzene rings is 2. The Morgan fingerprint density at radius 1 is 0.944 bits per heavy atom. The van der Waals surface area contributed by atoms with Crippen LogP contribution < -0.4 is 4.74 Å². The summed E-state index contributed by atoms with van der Waals surface area (Å²) in [6.45, 7) is 0. The molecule has 94 valence electrons. The standard InChI is InChI=1S/C13H8BrCl3O/c14-7-8-3-1-5-10(16)13(8)18-11-6-2-4-9(15)12(11)17/h1-6H,7H2. The molecular weight excluding hydrogens is 358 g/mol. The minimum absolute atomic E-state index is 0.375. The Morgan fingerprint density at radius 3 is 2.33 bits per heavy atom. The lowest BCUT2D eigenvalue weighted by atomic mass is 10.2. The predicted octanol–water partition coefficient (Wildman–Crippen LogP) is 6.33. The fourth-order valence-corrected chi connectivity index (χ4v) is 2.45. The van der Waals surface area contributed by atoms with Gasteiger partial charge in [0.2, 0.25) is 0 Å². The van der Waals surface area contributed by atoms with E-state index in [9.17, 15) is 0 Å². The van der Waals surface area contributed by atoms with E-state index >= 15 is 0 Å². The molecule has 0 unspecified atom stereocenters. The van der Waals surface area contributed by atoms with Crippen molar-refractivity contribution in [2.45, 2.75) is 5.33 Å². The summed E-state index contributed by atoms with van der Waals surface area (Å²) in [5.74, 6) is 1.07. The van der Waals surface area contributed by atoms with Crippen molar-refractivity contribution in [3.8, 4) is 11.5 Å². The molecule has 0 saturated carbocycles. The highest BCUT2D eigenvalue weighted by molar-refractivity contribution is 9.08. The predicted molar refractivity (Wildman–Crippen MR) is 80.6 cm³/mol. The summed E-state index contributed by atoms with van der Waals surface area (Å²) in [6.07, 6.45) is 0. The maximum Gasteiger partial charge on any atom is 0.150 e. The molecule has 5 heteroatoms. The van der Waals surface area contributed by atoms with Crippen molar-refractivity contribution in [3.63, 3.8) is 0 Å². The molecule has 0 bridgehead atoms. The topological polar surface area (TPSA) is 9.23 Å². The fraction of sp³-hybridized carbons (Fsp3) is 0.0769. The number of hydrogen-bond acceptors (Lipinski definition) is 1. The first-order valence-corrected chi connectivity index (χ1v) is 7.34. The van der Waals surface area contributed by atoms with Gasteiger partial charge >= 0.3 is 0 Å². The molecule has 0 radical (unpaired) electrons. The summed E-state index contributed by atoms with van der Waals surface area (Å²) in [4.78, 5) is 0. The second-order valence-electron chi connectivity index (χ2n) is 3.52. The van der Waals surface area contributed by atoms with Crippen molar-refractivity contribution in [3.05, 3.63) is 57.0 Å². The van der Waals surface area contributed by atoms with Gasteiger partial charge in [0.25, 0.3) is 0 Å². The lowest BCUT2D eigenvalue weighted by Gasteiger charge is -2.12. The molecule has 0 atom stereocenters. The molecule has 0 aliphatic heterocycles. The van der Waals surface area contributed by atoms with Gasteiger partial charge in [0.05, 0.1) is 10.0 Å². The quantitative estimate of drug-likeness (QED) is 0.576. The highest BCUT2D eigenvalue weighted by Crippen LogP contribution is 2.39. The maximum atomic E-state index is 6.13. The first-order chi connectivity index (χ1) is 8.63. The van der Waals surface area contributed by atoms with Crippen molar-refractivity contribution in [1.29, 1.82) is 0 Å². The van der Waals surface area contributed by atoms with Gasteiger partial charge in [-0.05, 0) is 18.2 Å². The third kappa shape index (κ3) is 2.94. The highest BCUT2D eigenvalue weighted by Gasteiger charge is 2.12. The van der Waals surface area contributed by atoms with Crippen LogP contribution in [0.5, 0.6) is 11.5 Å². The maximum absolute atomic E-state index is 6.13. The summed E-state index contributed by atoms with van der Waals surface area (Å²) < 4.78 is 5.76. The lowest BCUT2D eigenvalue weighted by molar-refractivity contribution is 0.479. The van der Waals surface area contributed by atoms with Crippen LogP contribution in [-0.2, 0) is 5.33 Å². The Balaban J connectivity index is 2.43. The van der Waals surface area contributed by atoms with E-state index < -0.39 is 0 Å². The Bertz CT molecular complexity index is 572. The number of alkyl halides is 1. The Morgan fingerprint density at radius 2 is 1.61 bits per heavy atom. The average molecular weight is 366 g/mol.